The molecule has 49 heavy (non-hydrogen) atoms. The van der Waals surface area contributed by atoms with E-state index in [1.165, 1.54) is 11.7 Å². The molecule has 2 fully saturated rings. The molecule has 3 aliphatic carbocycles. The Morgan fingerprint density at radius 2 is 1.49 bits per heavy atom. The van der Waals surface area contributed by atoms with Crippen LogP contribution in [0.4, 0.5) is 43.9 Å². The molecule has 0 saturated heterocycles. The van der Waals surface area contributed by atoms with Gasteiger partial charge in [0.05, 0.1) is 0 Å². The standard InChI is InChI=1S/C36H47F10NO2/c1-31-16-13-28-27-12-11-26(48)23-25(27)22-24(30(28)29(31)14-17-32(31,49)18-19-37)10-6-5-9-21-47(2)20-8-4-3-7-15-33(38,39)34(40,41)35(42,43)36(44,45)46/h11-12,23-24,28-30,48-49H,3-10,13-17,20-22H2,1-2H3/t24-,28-,29+,30-,31+,32-/m1/s1. The summed E-state index contributed by atoms with van der Waals surface area (Å²) in [7, 11) is 1.88. The van der Waals surface area contributed by atoms with E-state index >= 15 is 0 Å². The van der Waals surface area contributed by atoms with Crippen LogP contribution >= 0.6 is 0 Å². The maximum Gasteiger partial charge on any atom is 0.460 e. The second-order valence-corrected chi connectivity index (χ2v) is 14.9. The predicted octanol–water partition coefficient (Wildman–Crippen LogP) is 10.0. The van der Waals surface area contributed by atoms with Gasteiger partial charge in [0.1, 0.15) is 17.5 Å². The van der Waals surface area contributed by atoms with Gasteiger partial charge in [-0.3, -0.25) is 0 Å². The molecule has 0 radical (unpaired) electrons. The van der Waals surface area contributed by atoms with E-state index in [9.17, 15) is 54.1 Å². The second kappa shape index (κ2) is 14.8. The molecule has 0 aliphatic heterocycles. The first-order valence-electron chi connectivity index (χ1n) is 17.3. The van der Waals surface area contributed by atoms with Gasteiger partial charge in [-0.25, -0.2) is 0 Å². The van der Waals surface area contributed by atoms with Crippen LogP contribution in [0, 0.1) is 35.3 Å². The molecule has 0 heterocycles. The van der Waals surface area contributed by atoms with Crippen molar-refractivity contribution in [3.63, 3.8) is 0 Å². The molecule has 3 aliphatic rings. The van der Waals surface area contributed by atoms with Crippen molar-refractivity contribution in [1.29, 1.82) is 0 Å². The summed E-state index contributed by atoms with van der Waals surface area (Å²) >= 11 is 0. The number of halogens is 10. The van der Waals surface area contributed by atoms with Crippen molar-refractivity contribution >= 4 is 0 Å². The van der Waals surface area contributed by atoms with Crippen molar-refractivity contribution in [3.05, 3.63) is 29.3 Å². The molecule has 0 amide bonds. The summed E-state index contributed by atoms with van der Waals surface area (Å²) in [5.41, 5.74) is 0.555. The molecule has 1 aromatic carbocycles. The van der Waals surface area contributed by atoms with Crippen molar-refractivity contribution in [3.8, 4) is 17.8 Å². The first kappa shape index (κ1) is 39.6. The Morgan fingerprint density at radius 3 is 2.12 bits per heavy atom. The Hall–Kier alpha value is -2.20. The molecule has 2 N–H and O–H groups in total. The van der Waals surface area contributed by atoms with Crippen molar-refractivity contribution in [2.24, 2.45) is 23.2 Å². The lowest BCUT2D eigenvalue weighted by molar-refractivity contribution is -0.396. The Labute approximate surface area is 281 Å². The number of phenolic OH excluding ortho intramolecular Hbond substituents is 1. The van der Waals surface area contributed by atoms with Crippen LogP contribution in [0.5, 0.6) is 5.75 Å². The highest BCUT2D eigenvalue weighted by atomic mass is 19.4. The van der Waals surface area contributed by atoms with Crippen LogP contribution in [-0.2, 0) is 6.42 Å². The smallest absolute Gasteiger partial charge is 0.460 e. The number of benzene rings is 1. The largest absolute Gasteiger partial charge is 0.508 e. The summed E-state index contributed by atoms with van der Waals surface area (Å²) < 4.78 is 130. The van der Waals surface area contributed by atoms with E-state index in [1.54, 1.807) is 6.07 Å². The van der Waals surface area contributed by atoms with E-state index in [1.807, 2.05) is 24.1 Å². The normalized spacial score (nSPS) is 28.9. The van der Waals surface area contributed by atoms with Crippen LogP contribution in [0.2, 0.25) is 0 Å². The van der Waals surface area contributed by atoms with Crippen LogP contribution < -0.4 is 0 Å². The van der Waals surface area contributed by atoms with Gasteiger partial charge >= 0.3 is 23.9 Å². The summed E-state index contributed by atoms with van der Waals surface area (Å²) in [5.74, 6) is -15.0. The Morgan fingerprint density at radius 1 is 0.857 bits per heavy atom. The lowest BCUT2D eigenvalue weighted by atomic mass is 9.50. The van der Waals surface area contributed by atoms with Gasteiger partial charge in [0, 0.05) is 11.8 Å². The highest BCUT2D eigenvalue weighted by Crippen LogP contribution is 2.65. The molecule has 2 saturated carbocycles. The molecule has 0 spiro atoms. The molecule has 4 rings (SSSR count). The predicted molar refractivity (Wildman–Crippen MR) is 165 cm³/mol. The zero-order chi connectivity index (χ0) is 36.5. The minimum absolute atomic E-state index is 0.0145. The third-order valence-electron chi connectivity index (χ3n) is 11.9. The quantitative estimate of drug-likeness (QED) is 0.108. The molecule has 0 aromatic heterocycles. The van der Waals surface area contributed by atoms with Gasteiger partial charge in [-0.1, -0.05) is 38.7 Å². The summed E-state index contributed by atoms with van der Waals surface area (Å²) in [4.78, 5) is 2.04. The van der Waals surface area contributed by atoms with E-state index in [4.69, 9.17) is 0 Å². The minimum Gasteiger partial charge on any atom is -0.508 e. The van der Waals surface area contributed by atoms with E-state index in [0.717, 1.165) is 63.5 Å². The van der Waals surface area contributed by atoms with Crippen molar-refractivity contribution < 1.29 is 54.1 Å². The number of nitrogens with zero attached hydrogens (tertiary/aromatic N) is 1. The number of aliphatic hydroxyl groups is 1. The Bertz CT molecular complexity index is 1340. The number of alkyl halides is 9. The van der Waals surface area contributed by atoms with Gasteiger partial charge in [0.15, 0.2) is 0 Å². The van der Waals surface area contributed by atoms with E-state index in [2.05, 4.69) is 12.8 Å². The highest BCUT2D eigenvalue weighted by Gasteiger charge is 2.81. The lowest BCUT2D eigenvalue weighted by Crippen LogP contribution is -2.60. The zero-order valence-corrected chi connectivity index (χ0v) is 28.0. The number of aromatic hydroxyl groups is 1. The van der Waals surface area contributed by atoms with E-state index in [-0.39, 0.29) is 18.1 Å². The van der Waals surface area contributed by atoms with Gasteiger partial charge in [0.2, 0.25) is 0 Å². The average molecular weight is 716 g/mol. The van der Waals surface area contributed by atoms with Gasteiger partial charge in [0.25, 0.3) is 0 Å². The van der Waals surface area contributed by atoms with E-state index in [0.29, 0.717) is 43.6 Å². The third kappa shape index (κ3) is 7.70. The van der Waals surface area contributed by atoms with Crippen LogP contribution in [0.15, 0.2) is 18.2 Å². The third-order valence-corrected chi connectivity index (χ3v) is 11.9. The number of hydrogen-bond donors (Lipinski definition) is 2. The molecule has 0 unspecified atom stereocenters. The maximum absolute atomic E-state index is 13.7. The number of fused-ring (bicyclic) bond motifs is 5. The molecular weight excluding hydrogens is 668 g/mol. The summed E-state index contributed by atoms with van der Waals surface area (Å²) in [6.45, 7) is 3.38. The fourth-order valence-corrected chi connectivity index (χ4v) is 9.08. The summed E-state index contributed by atoms with van der Waals surface area (Å²) in [6, 6.07) is 5.60. The molecular formula is C36H47F10NO2. The van der Waals surface area contributed by atoms with Gasteiger partial charge in [-0.05, 0) is 131 Å². The summed E-state index contributed by atoms with van der Waals surface area (Å²) in [5, 5.41) is 21.6. The molecule has 3 nitrogen and oxygen atoms in total. The molecule has 0 bridgehead atoms. The number of rotatable bonds is 15. The van der Waals surface area contributed by atoms with Crippen molar-refractivity contribution in [2.75, 3.05) is 20.1 Å². The topological polar surface area (TPSA) is 43.7 Å². The molecule has 6 atom stereocenters. The monoisotopic (exact) mass is 715 g/mol. The number of unbranched alkanes of at least 4 members (excludes halogenated alkanes) is 5. The van der Waals surface area contributed by atoms with Crippen LogP contribution in [-0.4, -0.2) is 64.8 Å². The molecule has 278 valence electrons. The van der Waals surface area contributed by atoms with Crippen LogP contribution in [0.3, 0.4) is 0 Å². The fraction of sp³-hybridized carbons (Fsp3) is 0.778. The molecule has 1 aromatic rings. The lowest BCUT2D eigenvalue weighted by Gasteiger charge is -2.54. The molecule has 13 heteroatoms. The zero-order valence-electron chi connectivity index (χ0n) is 28.0. The number of phenols is 1. The second-order valence-electron chi connectivity index (χ2n) is 14.9. The van der Waals surface area contributed by atoms with Crippen LogP contribution in [0.1, 0.15) is 107 Å². The first-order chi connectivity index (χ1) is 22.7. The van der Waals surface area contributed by atoms with Gasteiger partial charge in [-0.15, -0.1) is 4.39 Å². The SMILES string of the molecule is CN(CCCCCCC(F)(F)C(F)(F)C(F)(F)C(F)(F)F)CCCCC[C@@H]1Cc2cc(O)ccc2[C@H]2CC[C@@]3(C)[C@@H](CC[C@@]3(O)C#CF)[C@H]12. The Kier molecular flexibility index (Phi) is 12.0. The number of hydrogen-bond acceptors (Lipinski definition) is 3. The van der Waals surface area contributed by atoms with Gasteiger partial charge in [-0.2, -0.15) is 39.5 Å². The highest BCUT2D eigenvalue weighted by molar-refractivity contribution is 5.41. The van der Waals surface area contributed by atoms with Crippen molar-refractivity contribution in [1.82, 2.24) is 4.90 Å². The van der Waals surface area contributed by atoms with Gasteiger partial charge < -0.3 is 15.1 Å². The summed E-state index contributed by atoms with van der Waals surface area (Å²) in [6.07, 6.45) is 0.504. The Balaban J connectivity index is 1.21. The van der Waals surface area contributed by atoms with Crippen molar-refractivity contribution in [2.45, 2.75) is 132 Å². The first-order valence-corrected chi connectivity index (χ1v) is 17.3. The fourth-order valence-electron chi connectivity index (χ4n) is 9.08. The minimum atomic E-state index is -6.84. The average Bonchev–Trinajstić information content (AvgIpc) is 3.27. The van der Waals surface area contributed by atoms with Crippen LogP contribution in [0.25, 0.3) is 0 Å². The van der Waals surface area contributed by atoms with E-state index < -0.39 is 47.8 Å². The maximum atomic E-state index is 13.7.